The molecule has 0 bridgehead atoms. The van der Waals surface area contributed by atoms with Crippen molar-refractivity contribution in [2.75, 3.05) is 67.6 Å². The lowest BCUT2D eigenvalue weighted by Gasteiger charge is -2.41. The fraction of sp³-hybridized carbons (Fsp3) is 0.586. The van der Waals surface area contributed by atoms with Crippen LogP contribution in [0.15, 0.2) is 36.9 Å². The summed E-state index contributed by atoms with van der Waals surface area (Å²) in [5.74, 6) is 0.701. The van der Waals surface area contributed by atoms with Gasteiger partial charge in [-0.3, -0.25) is 19.7 Å². The highest BCUT2D eigenvalue weighted by Gasteiger charge is 2.33. The minimum Gasteiger partial charge on any atom is -0.497 e. The summed E-state index contributed by atoms with van der Waals surface area (Å²) in [6.07, 6.45) is 2.72. The number of aliphatic hydroxyl groups is 1. The molecule has 4 amide bonds. The van der Waals surface area contributed by atoms with Gasteiger partial charge in [0, 0.05) is 19.6 Å². The van der Waals surface area contributed by atoms with Gasteiger partial charge in [-0.2, -0.15) is 0 Å². The van der Waals surface area contributed by atoms with Crippen molar-refractivity contribution in [3.8, 4) is 5.75 Å². The third-order valence-electron chi connectivity index (χ3n) is 5.75. The van der Waals surface area contributed by atoms with Crippen molar-refractivity contribution in [1.82, 2.24) is 30.7 Å². The fourth-order valence-electron chi connectivity index (χ4n) is 3.51. The summed E-state index contributed by atoms with van der Waals surface area (Å²) in [6, 6.07) is 7.55. The molecular formula is C29H50N6O7. The Morgan fingerprint density at radius 3 is 2.43 bits per heavy atom. The average Bonchev–Trinajstić information content (AvgIpc) is 2.97. The lowest BCUT2D eigenvalue weighted by Crippen LogP contribution is -2.63. The lowest BCUT2D eigenvalue weighted by molar-refractivity contribution is -0.150. The topological polar surface area (TPSA) is 153 Å². The molecule has 238 valence electrons. The number of likely N-dealkylation sites (N-methyl/N-ethyl adjacent to an activating group) is 2. The molecule has 0 spiro atoms. The van der Waals surface area contributed by atoms with Gasteiger partial charge in [0.05, 0.1) is 26.3 Å². The number of nitrogens with one attached hydrogen (secondary N) is 3. The van der Waals surface area contributed by atoms with Crippen LogP contribution in [0.1, 0.15) is 32.3 Å². The number of aliphatic hydroxyl groups excluding tert-OH is 1. The molecule has 2 unspecified atom stereocenters. The standard InChI is InChI=1S/C13H26N4O3.C9H11NO2.C7H13NO2/c1-10(18)5-6-16-7-11(14-2)17(9-12(16)19)13(20)8-15(3)4;1-12-9-4-2-8(3-5-9)6-10-7-11;1-3-5-8-7(9)10-6-4-2/h10-11,14,18H,5-9H2,1-4H3;2-5,7H,6H2,1H3,(H,10,11);4H,2-3,5-6H2,1H3,(H,8,9). The molecule has 1 aliphatic heterocycles. The fourth-order valence-corrected chi connectivity index (χ4v) is 3.51. The second kappa shape index (κ2) is 22.9. The molecule has 2 atom stereocenters. The minimum atomic E-state index is -0.427. The van der Waals surface area contributed by atoms with Crippen LogP contribution in [-0.2, 0) is 25.7 Å². The number of carbonyl (C=O) groups excluding carboxylic acids is 4. The van der Waals surface area contributed by atoms with E-state index in [4.69, 9.17) is 4.74 Å². The van der Waals surface area contributed by atoms with Crippen LogP contribution in [0.5, 0.6) is 5.75 Å². The first-order valence-electron chi connectivity index (χ1n) is 13.9. The van der Waals surface area contributed by atoms with Gasteiger partial charge >= 0.3 is 6.09 Å². The van der Waals surface area contributed by atoms with Gasteiger partial charge in [0.25, 0.3) is 0 Å². The molecule has 0 aromatic heterocycles. The molecule has 0 aliphatic carbocycles. The molecule has 1 saturated heterocycles. The van der Waals surface area contributed by atoms with Crippen LogP contribution in [0, 0.1) is 0 Å². The number of hydrogen-bond donors (Lipinski definition) is 4. The van der Waals surface area contributed by atoms with E-state index < -0.39 is 6.10 Å². The number of alkyl carbamates (subject to hydrolysis) is 1. The van der Waals surface area contributed by atoms with E-state index in [2.05, 4.69) is 27.3 Å². The van der Waals surface area contributed by atoms with E-state index in [9.17, 15) is 24.3 Å². The Labute approximate surface area is 250 Å². The van der Waals surface area contributed by atoms with Gasteiger partial charge in [-0.05, 0) is 58.6 Å². The van der Waals surface area contributed by atoms with Gasteiger partial charge in [0.15, 0.2) is 0 Å². The zero-order valence-electron chi connectivity index (χ0n) is 25.9. The highest BCUT2D eigenvalue weighted by Crippen LogP contribution is 2.12. The number of piperazine rings is 1. The molecule has 13 nitrogen and oxygen atoms in total. The van der Waals surface area contributed by atoms with Crippen molar-refractivity contribution >= 4 is 24.3 Å². The van der Waals surface area contributed by atoms with Gasteiger partial charge < -0.3 is 39.9 Å². The van der Waals surface area contributed by atoms with Crippen LogP contribution in [0.2, 0.25) is 0 Å². The van der Waals surface area contributed by atoms with Crippen LogP contribution in [0.4, 0.5) is 4.79 Å². The first kappa shape index (κ1) is 38.3. The minimum absolute atomic E-state index is 0.0575. The molecule has 0 radical (unpaired) electrons. The highest BCUT2D eigenvalue weighted by molar-refractivity contribution is 5.87. The van der Waals surface area contributed by atoms with Crippen molar-refractivity contribution in [2.24, 2.45) is 0 Å². The molecule has 13 heteroatoms. The van der Waals surface area contributed by atoms with Crippen LogP contribution in [0.3, 0.4) is 0 Å². The zero-order valence-corrected chi connectivity index (χ0v) is 25.9. The largest absolute Gasteiger partial charge is 0.497 e. The van der Waals surface area contributed by atoms with Crippen molar-refractivity contribution < 1.29 is 33.8 Å². The Bertz CT molecular complexity index is 928. The van der Waals surface area contributed by atoms with Gasteiger partial charge in [-0.25, -0.2) is 4.79 Å². The molecule has 1 aromatic rings. The molecule has 0 saturated carbocycles. The molecule has 1 heterocycles. The number of hydrogen-bond acceptors (Lipinski definition) is 9. The van der Waals surface area contributed by atoms with E-state index >= 15 is 0 Å². The Morgan fingerprint density at radius 2 is 1.93 bits per heavy atom. The van der Waals surface area contributed by atoms with Gasteiger partial charge in [0.2, 0.25) is 18.2 Å². The summed E-state index contributed by atoms with van der Waals surface area (Å²) in [5.41, 5.74) is 1.06. The summed E-state index contributed by atoms with van der Waals surface area (Å²) in [4.78, 5) is 49.8. The second-order valence-electron chi connectivity index (χ2n) is 9.70. The van der Waals surface area contributed by atoms with Crippen molar-refractivity contribution in [3.63, 3.8) is 0 Å². The maximum Gasteiger partial charge on any atom is 0.407 e. The van der Waals surface area contributed by atoms with Crippen molar-refractivity contribution in [1.29, 1.82) is 0 Å². The quantitative estimate of drug-likeness (QED) is 0.181. The lowest BCUT2D eigenvalue weighted by atomic mass is 10.2. The third kappa shape index (κ3) is 17.2. The summed E-state index contributed by atoms with van der Waals surface area (Å²) < 4.78 is 9.61. The van der Waals surface area contributed by atoms with E-state index in [1.165, 1.54) is 6.08 Å². The van der Waals surface area contributed by atoms with Crippen LogP contribution < -0.4 is 20.7 Å². The van der Waals surface area contributed by atoms with Gasteiger partial charge in [0.1, 0.15) is 25.1 Å². The third-order valence-corrected chi connectivity index (χ3v) is 5.75. The van der Waals surface area contributed by atoms with Crippen molar-refractivity contribution in [2.45, 2.75) is 45.5 Å². The molecule has 42 heavy (non-hydrogen) atoms. The Morgan fingerprint density at radius 1 is 1.26 bits per heavy atom. The normalized spacial score (nSPS) is 14.9. The Hall–Kier alpha value is -3.68. The van der Waals surface area contributed by atoms with Crippen molar-refractivity contribution in [3.05, 3.63) is 42.5 Å². The molecular weight excluding hydrogens is 544 g/mol. The van der Waals surface area contributed by atoms with E-state index in [1.54, 1.807) is 35.8 Å². The maximum absolute atomic E-state index is 12.1. The first-order chi connectivity index (χ1) is 20.0. The number of methoxy groups -OCH3 is 1. The molecule has 4 N–H and O–H groups in total. The average molecular weight is 595 g/mol. The summed E-state index contributed by atoms with van der Waals surface area (Å²) >= 11 is 0. The van der Waals surface area contributed by atoms with Crippen LogP contribution in [-0.4, -0.2) is 124 Å². The SMILES string of the molecule is C=CCOC(=O)NCCC.CNC1CN(CCC(C)O)C(=O)CN1C(=O)CN(C)C.COc1ccc(CNC=O)cc1. The number of ether oxygens (including phenoxy) is 2. The van der Waals surface area contributed by atoms with Gasteiger partial charge in [-0.15, -0.1) is 0 Å². The molecule has 1 aliphatic rings. The zero-order chi connectivity index (χ0) is 31.9. The predicted octanol–water partition coefficient (Wildman–Crippen LogP) is 0.785. The molecule has 1 fully saturated rings. The predicted molar refractivity (Wildman–Crippen MR) is 162 cm³/mol. The monoisotopic (exact) mass is 594 g/mol. The first-order valence-corrected chi connectivity index (χ1v) is 13.9. The van der Waals surface area contributed by atoms with E-state index in [-0.39, 0.29) is 37.2 Å². The van der Waals surface area contributed by atoms with E-state index in [1.807, 2.05) is 45.3 Å². The Kier molecular flexibility index (Phi) is 20.9. The van der Waals surface area contributed by atoms with E-state index in [0.29, 0.717) is 45.6 Å². The van der Waals surface area contributed by atoms with Gasteiger partial charge in [-0.1, -0.05) is 31.7 Å². The maximum atomic E-state index is 12.1. The second-order valence-corrected chi connectivity index (χ2v) is 9.70. The number of carbonyl (C=O) groups is 4. The summed E-state index contributed by atoms with van der Waals surface area (Å²) in [7, 11) is 7.06. The smallest absolute Gasteiger partial charge is 0.407 e. The number of rotatable bonds is 14. The highest BCUT2D eigenvalue weighted by atomic mass is 16.5. The van der Waals surface area contributed by atoms with E-state index in [0.717, 1.165) is 17.7 Å². The van der Waals surface area contributed by atoms with Crippen LogP contribution >= 0.6 is 0 Å². The summed E-state index contributed by atoms with van der Waals surface area (Å²) in [5, 5.41) is 17.5. The summed E-state index contributed by atoms with van der Waals surface area (Å²) in [6.45, 7) is 9.96. The number of amides is 4. The van der Waals surface area contributed by atoms with Crippen LogP contribution in [0.25, 0.3) is 0 Å². The Balaban J connectivity index is 0.000000652. The molecule has 2 rings (SSSR count). The number of benzene rings is 1. The molecule has 1 aromatic carbocycles. The number of nitrogens with zero attached hydrogens (tertiary/aromatic N) is 3.